The molecule has 0 radical (unpaired) electrons. The van der Waals surface area contributed by atoms with Crippen LogP contribution in [0.3, 0.4) is 0 Å². The Kier molecular flexibility index (Phi) is 6.40. The van der Waals surface area contributed by atoms with E-state index in [1.807, 2.05) is 6.07 Å². The summed E-state index contributed by atoms with van der Waals surface area (Å²) in [6.45, 7) is 2.10. The standard InChI is InChI=1S/C26H26N2O5/c1-18-9-8-14-26(16-18,33-24(31)20-12-6-3-7-13-20)17-21-15-22(29)28(25(32)27-21)23(30)19-10-4-2-5-11-19/h2-7,10-13,15,18H,8-9,14,16-17H2,1H3,(H,27,32)/t18-,26+/m1/s1. The first-order chi connectivity index (χ1) is 15.9. The number of H-pyrrole nitrogens is 1. The van der Waals surface area contributed by atoms with E-state index < -0.39 is 28.7 Å². The lowest BCUT2D eigenvalue weighted by Gasteiger charge is -2.39. The van der Waals surface area contributed by atoms with Crippen LogP contribution in [0.25, 0.3) is 0 Å². The smallest absolute Gasteiger partial charge is 0.338 e. The average Bonchev–Trinajstić information content (AvgIpc) is 2.79. The van der Waals surface area contributed by atoms with Crippen molar-refractivity contribution in [2.45, 2.75) is 44.6 Å². The Labute approximate surface area is 191 Å². The molecular formula is C26H26N2O5. The highest BCUT2D eigenvalue weighted by Crippen LogP contribution is 2.38. The molecule has 4 rings (SSSR count). The first kappa shape index (κ1) is 22.5. The van der Waals surface area contributed by atoms with E-state index in [0.29, 0.717) is 34.6 Å². The number of hydrogen-bond acceptors (Lipinski definition) is 5. The second-order valence-electron chi connectivity index (χ2n) is 8.76. The fourth-order valence-corrected chi connectivity index (χ4v) is 4.62. The molecular weight excluding hydrogens is 420 g/mol. The van der Waals surface area contributed by atoms with Crippen molar-refractivity contribution in [1.29, 1.82) is 0 Å². The van der Waals surface area contributed by atoms with Crippen LogP contribution in [-0.4, -0.2) is 27.0 Å². The van der Waals surface area contributed by atoms with Crippen molar-refractivity contribution in [3.05, 3.63) is 104 Å². The molecule has 170 valence electrons. The van der Waals surface area contributed by atoms with E-state index in [4.69, 9.17) is 4.74 Å². The quantitative estimate of drug-likeness (QED) is 0.604. The Balaban J connectivity index is 1.64. The number of rotatable bonds is 5. The first-order valence-electron chi connectivity index (χ1n) is 11.1. The van der Waals surface area contributed by atoms with E-state index in [-0.39, 0.29) is 12.0 Å². The highest BCUT2D eigenvalue weighted by molar-refractivity contribution is 5.95. The van der Waals surface area contributed by atoms with Crippen LogP contribution in [0.5, 0.6) is 0 Å². The van der Waals surface area contributed by atoms with Gasteiger partial charge in [0.15, 0.2) is 0 Å². The fourth-order valence-electron chi connectivity index (χ4n) is 4.62. The van der Waals surface area contributed by atoms with E-state index in [9.17, 15) is 19.2 Å². The number of nitrogens with one attached hydrogen (secondary N) is 1. The van der Waals surface area contributed by atoms with Crippen LogP contribution in [0.4, 0.5) is 0 Å². The molecule has 1 N–H and O–H groups in total. The van der Waals surface area contributed by atoms with Gasteiger partial charge in [0.05, 0.1) is 5.56 Å². The van der Waals surface area contributed by atoms with Gasteiger partial charge in [-0.1, -0.05) is 49.7 Å². The summed E-state index contributed by atoms with van der Waals surface area (Å²) in [5.41, 5.74) is -1.32. The normalized spacial score (nSPS) is 20.2. The van der Waals surface area contributed by atoms with Crippen molar-refractivity contribution in [2.24, 2.45) is 5.92 Å². The highest BCUT2D eigenvalue weighted by atomic mass is 16.6. The molecule has 7 nitrogen and oxygen atoms in total. The van der Waals surface area contributed by atoms with Gasteiger partial charge in [0.25, 0.3) is 11.5 Å². The number of aromatic amines is 1. The van der Waals surface area contributed by atoms with Crippen LogP contribution in [0.2, 0.25) is 0 Å². The summed E-state index contributed by atoms with van der Waals surface area (Å²) in [5.74, 6) is -0.793. The Morgan fingerprint density at radius 3 is 2.27 bits per heavy atom. The second-order valence-corrected chi connectivity index (χ2v) is 8.76. The molecule has 0 amide bonds. The first-order valence-corrected chi connectivity index (χ1v) is 11.1. The number of nitrogens with zero attached hydrogens (tertiary/aromatic N) is 1. The Bertz CT molecular complexity index is 1230. The molecule has 0 spiro atoms. The third-order valence-corrected chi connectivity index (χ3v) is 6.09. The molecule has 1 saturated carbocycles. The monoisotopic (exact) mass is 446 g/mol. The van der Waals surface area contributed by atoms with Crippen molar-refractivity contribution in [3.8, 4) is 0 Å². The molecule has 2 aromatic carbocycles. The number of carbonyl (C=O) groups is 2. The topological polar surface area (TPSA) is 98.2 Å². The Hall–Kier alpha value is -3.74. The summed E-state index contributed by atoms with van der Waals surface area (Å²) in [6.07, 6.45) is 3.34. The van der Waals surface area contributed by atoms with Crippen molar-refractivity contribution in [1.82, 2.24) is 9.55 Å². The van der Waals surface area contributed by atoms with Crippen LogP contribution in [0, 0.1) is 5.92 Å². The lowest BCUT2D eigenvalue weighted by molar-refractivity contribution is -0.0476. The zero-order valence-corrected chi connectivity index (χ0v) is 18.5. The van der Waals surface area contributed by atoms with Crippen LogP contribution in [0.15, 0.2) is 76.3 Å². The summed E-state index contributed by atoms with van der Waals surface area (Å²) in [7, 11) is 0. The maximum atomic E-state index is 12.8. The van der Waals surface area contributed by atoms with Crippen LogP contribution in [0.1, 0.15) is 59.0 Å². The largest absolute Gasteiger partial charge is 0.455 e. The molecule has 7 heteroatoms. The van der Waals surface area contributed by atoms with Gasteiger partial charge >= 0.3 is 11.7 Å². The van der Waals surface area contributed by atoms with Crippen molar-refractivity contribution < 1.29 is 14.3 Å². The minimum absolute atomic E-state index is 0.195. The zero-order chi connectivity index (χ0) is 23.4. The van der Waals surface area contributed by atoms with E-state index in [0.717, 1.165) is 12.8 Å². The highest BCUT2D eigenvalue weighted by Gasteiger charge is 2.39. The summed E-state index contributed by atoms with van der Waals surface area (Å²) >= 11 is 0. The lowest BCUT2D eigenvalue weighted by atomic mass is 9.76. The number of hydrogen-bond donors (Lipinski definition) is 1. The maximum absolute atomic E-state index is 12.8. The maximum Gasteiger partial charge on any atom is 0.338 e. The Morgan fingerprint density at radius 1 is 1.03 bits per heavy atom. The summed E-state index contributed by atoms with van der Waals surface area (Å²) in [4.78, 5) is 53.6. The molecule has 0 saturated heterocycles. The van der Waals surface area contributed by atoms with E-state index >= 15 is 0 Å². The molecule has 1 heterocycles. The molecule has 0 aliphatic heterocycles. The predicted molar refractivity (Wildman–Crippen MR) is 123 cm³/mol. The lowest BCUT2D eigenvalue weighted by Crippen LogP contribution is -2.44. The molecule has 3 aromatic rings. The van der Waals surface area contributed by atoms with Gasteiger partial charge < -0.3 is 9.72 Å². The minimum Gasteiger partial charge on any atom is -0.455 e. The third-order valence-electron chi connectivity index (χ3n) is 6.09. The average molecular weight is 447 g/mol. The van der Waals surface area contributed by atoms with Crippen molar-refractivity contribution >= 4 is 11.9 Å². The van der Waals surface area contributed by atoms with E-state index in [1.54, 1.807) is 54.6 Å². The molecule has 0 unspecified atom stereocenters. The molecule has 1 aliphatic carbocycles. The van der Waals surface area contributed by atoms with Gasteiger partial charge in [-0.05, 0) is 49.4 Å². The van der Waals surface area contributed by atoms with Gasteiger partial charge in [-0.3, -0.25) is 9.59 Å². The summed E-state index contributed by atoms with van der Waals surface area (Å²) in [5, 5.41) is 0. The SMILES string of the molecule is C[C@@H]1CCC[C@](Cc2cc(=O)n(C(=O)c3ccccc3)c(=O)[nH]2)(OC(=O)c2ccccc2)C1. The van der Waals surface area contributed by atoms with E-state index in [2.05, 4.69) is 11.9 Å². The number of ether oxygens (including phenoxy) is 1. The van der Waals surface area contributed by atoms with Gasteiger partial charge in [0.1, 0.15) is 5.60 Å². The molecule has 1 aromatic heterocycles. The second kappa shape index (κ2) is 9.40. The van der Waals surface area contributed by atoms with Gasteiger partial charge in [-0.2, -0.15) is 4.57 Å². The van der Waals surface area contributed by atoms with Crippen molar-refractivity contribution in [2.75, 3.05) is 0 Å². The predicted octanol–water partition coefficient (Wildman–Crippen LogP) is 3.57. The van der Waals surface area contributed by atoms with Crippen LogP contribution in [-0.2, 0) is 11.2 Å². The summed E-state index contributed by atoms with van der Waals surface area (Å²) in [6, 6.07) is 18.2. The molecule has 2 atom stereocenters. The van der Waals surface area contributed by atoms with Crippen LogP contribution >= 0.6 is 0 Å². The van der Waals surface area contributed by atoms with Gasteiger partial charge in [0, 0.05) is 23.7 Å². The van der Waals surface area contributed by atoms with Gasteiger partial charge in [-0.25, -0.2) is 9.59 Å². The molecule has 1 fully saturated rings. The third kappa shape index (κ3) is 5.03. The number of esters is 1. The van der Waals surface area contributed by atoms with Crippen LogP contribution < -0.4 is 11.2 Å². The number of benzene rings is 2. The Morgan fingerprint density at radius 2 is 1.67 bits per heavy atom. The van der Waals surface area contributed by atoms with Gasteiger partial charge in [0.2, 0.25) is 0 Å². The van der Waals surface area contributed by atoms with E-state index in [1.165, 1.54) is 6.07 Å². The fraction of sp³-hybridized carbons (Fsp3) is 0.308. The van der Waals surface area contributed by atoms with Gasteiger partial charge in [-0.15, -0.1) is 0 Å². The number of carbonyl (C=O) groups excluding carboxylic acids is 2. The number of aromatic nitrogens is 2. The molecule has 33 heavy (non-hydrogen) atoms. The zero-order valence-electron chi connectivity index (χ0n) is 18.5. The van der Waals surface area contributed by atoms with Crippen molar-refractivity contribution in [3.63, 3.8) is 0 Å². The molecule has 0 bridgehead atoms. The molecule has 1 aliphatic rings. The minimum atomic E-state index is -0.838. The summed E-state index contributed by atoms with van der Waals surface area (Å²) < 4.78 is 6.62.